The highest BCUT2D eigenvalue weighted by molar-refractivity contribution is 5.80. The summed E-state index contributed by atoms with van der Waals surface area (Å²) >= 11 is 0. The maximum absolute atomic E-state index is 2.55. The summed E-state index contributed by atoms with van der Waals surface area (Å²) in [4.78, 5) is 0. The fraction of sp³-hybridized carbons (Fsp3) is 0.481. The summed E-state index contributed by atoms with van der Waals surface area (Å²) in [6.07, 6.45) is 16.4. The molecule has 2 aromatic rings. The monoisotopic (exact) mass is 358 g/mol. The number of fused-ring (bicyclic) bond motifs is 1. The first kappa shape index (κ1) is 18.5. The second kappa shape index (κ2) is 8.05. The zero-order chi connectivity index (χ0) is 18.7. The van der Waals surface area contributed by atoms with E-state index in [1.165, 1.54) is 92.0 Å². The zero-order valence-corrected chi connectivity index (χ0v) is 17.2. The van der Waals surface area contributed by atoms with Crippen molar-refractivity contribution in [2.75, 3.05) is 0 Å². The Morgan fingerprint density at radius 1 is 0.889 bits per heavy atom. The Hall–Kier alpha value is -1.82. The minimum atomic E-state index is 0.573. The highest BCUT2D eigenvalue weighted by Crippen LogP contribution is 2.46. The van der Waals surface area contributed by atoms with Crippen LogP contribution in [0, 0.1) is 12.3 Å². The van der Waals surface area contributed by atoms with Crippen LogP contribution in [0.4, 0.5) is 0 Å². The van der Waals surface area contributed by atoms with Crippen molar-refractivity contribution in [1.82, 2.24) is 0 Å². The highest BCUT2D eigenvalue weighted by Gasteiger charge is 2.32. The van der Waals surface area contributed by atoms with Gasteiger partial charge in [-0.05, 0) is 66.7 Å². The van der Waals surface area contributed by atoms with Crippen molar-refractivity contribution >= 4 is 6.08 Å². The molecule has 27 heavy (non-hydrogen) atoms. The molecule has 2 aromatic carbocycles. The van der Waals surface area contributed by atoms with Crippen LogP contribution in [0.15, 0.2) is 48.0 Å². The molecule has 0 atom stereocenters. The maximum Gasteiger partial charge on any atom is -0.00574 e. The van der Waals surface area contributed by atoms with Gasteiger partial charge in [0.1, 0.15) is 0 Å². The number of aryl methyl sites for hydroxylation is 1. The Morgan fingerprint density at radius 3 is 2.33 bits per heavy atom. The molecule has 0 spiro atoms. The summed E-state index contributed by atoms with van der Waals surface area (Å²) < 4.78 is 0. The van der Waals surface area contributed by atoms with Crippen LogP contribution in [0.5, 0.6) is 0 Å². The lowest BCUT2D eigenvalue weighted by atomic mass is 9.72. The minimum Gasteiger partial charge on any atom is -0.0654 e. The molecule has 0 heteroatoms. The minimum absolute atomic E-state index is 0.573. The van der Waals surface area contributed by atoms with Gasteiger partial charge in [-0.1, -0.05) is 98.7 Å². The molecule has 0 amide bonds. The first-order valence-electron chi connectivity index (χ1n) is 11.1. The van der Waals surface area contributed by atoms with E-state index >= 15 is 0 Å². The van der Waals surface area contributed by atoms with Gasteiger partial charge in [0.15, 0.2) is 0 Å². The first-order valence-corrected chi connectivity index (χ1v) is 11.1. The Morgan fingerprint density at radius 2 is 1.63 bits per heavy atom. The molecule has 4 rings (SSSR count). The van der Waals surface area contributed by atoms with Crippen LogP contribution < -0.4 is 0 Å². The molecule has 0 N–H and O–H groups in total. The van der Waals surface area contributed by atoms with Crippen LogP contribution in [0.2, 0.25) is 0 Å². The van der Waals surface area contributed by atoms with E-state index in [4.69, 9.17) is 0 Å². The second-order valence-electron chi connectivity index (χ2n) is 9.06. The zero-order valence-electron chi connectivity index (χ0n) is 17.2. The van der Waals surface area contributed by atoms with E-state index in [1.807, 2.05) is 0 Å². The number of hydrogen-bond acceptors (Lipinski definition) is 0. The molecule has 0 bridgehead atoms. The molecule has 0 aromatic heterocycles. The van der Waals surface area contributed by atoms with Crippen LogP contribution in [-0.4, -0.2) is 0 Å². The first-order chi connectivity index (χ1) is 13.2. The van der Waals surface area contributed by atoms with E-state index in [0.29, 0.717) is 5.41 Å². The Kier molecular flexibility index (Phi) is 5.53. The molecule has 0 saturated heterocycles. The fourth-order valence-electron chi connectivity index (χ4n) is 5.54. The van der Waals surface area contributed by atoms with Crippen molar-refractivity contribution in [3.8, 4) is 11.1 Å². The summed E-state index contributed by atoms with van der Waals surface area (Å²) in [5.74, 6) is 0. The van der Waals surface area contributed by atoms with Crippen molar-refractivity contribution < 1.29 is 0 Å². The Balaban J connectivity index is 1.62. The smallest absolute Gasteiger partial charge is 0.00574 e. The predicted octanol–water partition coefficient (Wildman–Crippen LogP) is 8.13. The molecular weight excluding hydrogens is 324 g/mol. The molecule has 142 valence electrons. The lowest BCUT2D eigenvalue weighted by Gasteiger charge is -2.33. The van der Waals surface area contributed by atoms with Crippen molar-refractivity contribution in [2.45, 2.75) is 78.1 Å². The molecule has 0 aliphatic heterocycles. The third-order valence-electron chi connectivity index (χ3n) is 6.87. The summed E-state index contributed by atoms with van der Waals surface area (Å²) in [6.45, 7) is 4.54. The third-order valence-corrected chi connectivity index (χ3v) is 6.87. The van der Waals surface area contributed by atoms with E-state index < -0.39 is 0 Å². The summed E-state index contributed by atoms with van der Waals surface area (Å²) in [5, 5.41) is 0. The summed E-state index contributed by atoms with van der Waals surface area (Å²) in [5.41, 5.74) is 9.36. The fourth-order valence-corrected chi connectivity index (χ4v) is 5.54. The van der Waals surface area contributed by atoms with Gasteiger partial charge in [0.2, 0.25) is 0 Å². The molecule has 2 aliphatic rings. The topological polar surface area (TPSA) is 0 Å². The van der Waals surface area contributed by atoms with Crippen LogP contribution in [0.25, 0.3) is 17.2 Å². The summed E-state index contributed by atoms with van der Waals surface area (Å²) in [7, 11) is 0. The number of allylic oxidation sites excluding steroid dienone is 1. The van der Waals surface area contributed by atoms with Crippen molar-refractivity contribution in [3.63, 3.8) is 0 Å². The highest BCUT2D eigenvalue weighted by atomic mass is 14.4. The van der Waals surface area contributed by atoms with E-state index in [-0.39, 0.29) is 0 Å². The molecule has 0 unspecified atom stereocenters. The number of benzene rings is 2. The standard InChI is InChI=1S/C27H34/c1-3-15-27(16-6-4-5-7-17-27)20-22-18-24-9-8-10-25(26(24)19-22)23-13-11-21(2)12-14-23/h8-14,19H,3-7,15-18,20H2,1-2H3. The SMILES string of the molecule is CCCC1(CC2=Cc3c(cccc3-c3ccc(C)cc3)C2)CCCCCC1. The molecule has 1 saturated carbocycles. The van der Waals surface area contributed by atoms with Gasteiger partial charge in [0.05, 0.1) is 0 Å². The van der Waals surface area contributed by atoms with Gasteiger partial charge in [0.25, 0.3) is 0 Å². The second-order valence-corrected chi connectivity index (χ2v) is 9.06. The van der Waals surface area contributed by atoms with Gasteiger partial charge in [0, 0.05) is 0 Å². The summed E-state index contributed by atoms with van der Waals surface area (Å²) in [6, 6.07) is 15.9. The van der Waals surface area contributed by atoms with Gasteiger partial charge in [-0.3, -0.25) is 0 Å². The van der Waals surface area contributed by atoms with Crippen molar-refractivity contribution in [1.29, 1.82) is 0 Å². The van der Waals surface area contributed by atoms with Gasteiger partial charge in [-0.15, -0.1) is 0 Å². The van der Waals surface area contributed by atoms with E-state index in [1.54, 1.807) is 5.57 Å². The number of rotatable bonds is 5. The molecule has 0 nitrogen and oxygen atoms in total. The Bertz CT molecular complexity index is 798. The van der Waals surface area contributed by atoms with E-state index in [9.17, 15) is 0 Å². The van der Waals surface area contributed by atoms with Crippen molar-refractivity contribution in [2.24, 2.45) is 5.41 Å². The van der Waals surface area contributed by atoms with Gasteiger partial charge >= 0.3 is 0 Å². The number of hydrogen-bond donors (Lipinski definition) is 0. The predicted molar refractivity (Wildman–Crippen MR) is 118 cm³/mol. The molecule has 0 radical (unpaired) electrons. The lowest BCUT2D eigenvalue weighted by molar-refractivity contribution is 0.217. The average Bonchev–Trinajstić information content (AvgIpc) is 2.94. The normalized spacial score (nSPS) is 18.7. The molecule has 2 aliphatic carbocycles. The van der Waals surface area contributed by atoms with Crippen LogP contribution in [0.3, 0.4) is 0 Å². The van der Waals surface area contributed by atoms with Crippen LogP contribution >= 0.6 is 0 Å². The van der Waals surface area contributed by atoms with Crippen LogP contribution in [-0.2, 0) is 6.42 Å². The van der Waals surface area contributed by atoms with Crippen LogP contribution in [0.1, 0.15) is 81.4 Å². The van der Waals surface area contributed by atoms with Crippen molar-refractivity contribution in [3.05, 3.63) is 64.7 Å². The lowest BCUT2D eigenvalue weighted by Crippen LogP contribution is -2.20. The largest absolute Gasteiger partial charge is 0.0654 e. The third kappa shape index (κ3) is 4.05. The van der Waals surface area contributed by atoms with Gasteiger partial charge < -0.3 is 0 Å². The van der Waals surface area contributed by atoms with Gasteiger partial charge in [-0.25, -0.2) is 0 Å². The quantitative estimate of drug-likeness (QED) is 0.473. The van der Waals surface area contributed by atoms with Gasteiger partial charge in [-0.2, -0.15) is 0 Å². The maximum atomic E-state index is 2.55. The molecule has 0 heterocycles. The molecule has 1 fully saturated rings. The average molecular weight is 359 g/mol. The Labute approximate surface area is 165 Å². The molecular formula is C27H34. The van der Waals surface area contributed by atoms with E-state index in [0.717, 1.165) is 0 Å². The van der Waals surface area contributed by atoms with E-state index in [2.05, 4.69) is 62.4 Å².